The molecule has 2 aromatic rings. The van der Waals surface area contributed by atoms with Crippen molar-refractivity contribution in [3.63, 3.8) is 0 Å². The summed E-state index contributed by atoms with van der Waals surface area (Å²) in [7, 11) is 0. The Kier molecular flexibility index (Phi) is 4.06. The van der Waals surface area contributed by atoms with Gasteiger partial charge in [-0.3, -0.25) is 4.79 Å². The lowest BCUT2D eigenvalue weighted by Gasteiger charge is -2.31. The summed E-state index contributed by atoms with van der Waals surface area (Å²) in [5, 5.41) is 3.91. The highest BCUT2D eigenvalue weighted by Crippen LogP contribution is 2.25. The van der Waals surface area contributed by atoms with Crippen molar-refractivity contribution in [3.05, 3.63) is 46.6 Å². The van der Waals surface area contributed by atoms with Gasteiger partial charge in [0, 0.05) is 19.0 Å². The number of aromatic nitrogens is 2. The number of hydrogen-bond donors (Lipinski definition) is 0. The lowest BCUT2D eigenvalue weighted by atomic mass is 9.90. The molecule has 24 heavy (non-hydrogen) atoms. The van der Waals surface area contributed by atoms with Gasteiger partial charge in [-0.2, -0.15) is 4.98 Å². The van der Waals surface area contributed by atoms with Gasteiger partial charge >= 0.3 is 0 Å². The Labute approximate surface area is 140 Å². The van der Waals surface area contributed by atoms with Crippen LogP contribution in [0.1, 0.15) is 52.1 Å². The summed E-state index contributed by atoms with van der Waals surface area (Å²) in [5.41, 5.74) is 3.48. The van der Waals surface area contributed by atoms with Crippen LogP contribution in [0.5, 0.6) is 0 Å². The lowest BCUT2D eigenvalue weighted by Crippen LogP contribution is -2.42. The number of benzene rings is 1. The predicted octanol–water partition coefficient (Wildman–Crippen LogP) is 2.47. The molecule has 2 aliphatic rings. The van der Waals surface area contributed by atoms with Crippen LogP contribution in [0, 0.1) is 6.92 Å². The first-order chi connectivity index (χ1) is 11.7. The van der Waals surface area contributed by atoms with Crippen LogP contribution in [0.2, 0.25) is 0 Å². The van der Waals surface area contributed by atoms with E-state index in [0.717, 1.165) is 18.4 Å². The molecule has 2 heterocycles. The number of morpholine rings is 1. The molecule has 0 radical (unpaired) electrons. The minimum atomic E-state index is -0.322. The molecule has 0 bridgehead atoms. The second kappa shape index (κ2) is 6.36. The summed E-state index contributed by atoms with van der Waals surface area (Å²) in [5.74, 6) is 1.07. The maximum atomic E-state index is 12.9. The molecule has 1 unspecified atom stereocenters. The van der Waals surface area contributed by atoms with E-state index in [1.54, 1.807) is 6.92 Å². The summed E-state index contributed by atoms with van der Waals surface area (Å²) in [4.78, 5) is 18.9. The third-order valence-electron chi connectivity index (χ3n) is 4.78. The number of ether oxygens (including phenoxy) is 1. The van der Waals surface area contributed by atoms with E-state index in [-0.39, 0.29) is 12.0 Å². The van der Waals surface area contributed by atoms with E-state index in [4.69, 9.17) is 9.26 Å². The molecule has 1 aromatic heterocycles. The van der Waals surface area contributed by atoms with Crippen LogP contribution >= 0.6 is 0 Å². The second-order valence-corrected chi connectivity index (χ2v) is 6.47. The molecule has 0 saturated carbocycles. The fraction of sp³-hybridized carbons (Fsp3) is 0.500. The van der Waals surface area contributed by atoms with Crippen molar-refractivity contribution in [1.29, 1.82) is 0 Å². The van der Waals surface area contributed by atoms with Crippen molar-refractivity contribution in [3.8, 4) is 0 Å². The topological polar surface area (TPSA) is 68.5 Å². The number of aryl methyl sites for hydroxylation is 3. The van der Waals surface area contributed by atoms with E-state index in [1.165, 1.54) is 24.0 Å². The Morgan fingerprint density at radius 1 is 1.25 bits per heavy atom. The highest BCUT2D eigenvalue weighted by molar-refractivity contribution is 5.94. The SMILES string of the molecule is Cc1nc(C2CN(C(=O)c3ccc4c(c3)CCCC4)CCO2)no1. The third kappa shape index (κ3) is 2.94. The number of amides is 1. The highest BCUT2D eigenvalue weighted by atomic mass is 16.5. The number of carbonyl (C=O) groups excluding carboxylic acids is 1. The van der Waals surface area contributed by atoms with Crippen molar-refractivity contribution >= 4 is 5.91 Å². The lowest BCUT2D eigenvalue weighted by molar-refractivity contribution is -0.0276. The predicted molar refractivity (Wildman–Crippen MR) is 86.7 cm³/mol. The van der Waals surface area contributed by atoms with Gasteiger partial charge in [-0.25, -0.2) is 0 Å². The van der Waals surface area contributed by atoms with Crippen LogP contribution < -0.4 is 0 Å². The molecular formula is C18H21N3O3. The van der Waals surface area contributed by atoms with Crippen molar-refractivity contribution in [2.75, 3.05) is 19.7 Å². The standard InChI is InChI=1S/C18H21N3O3/c1-12-19-17(20-24-12)16-11-21(8-9-23-16)18(22)15-7-6-13-4-2-3-5-14(13)10-15/h6-7,10,16H,2-5,8-9,11H2,1H3. The van der Waals surface area contributed by atoms with Crippen molar-refractivity contribution < 1.29 is 14.1 Å². The zero-order valence-corrected chi connectivity index (χ0v) is 13.8. The van der Waals surface area contributed by atoms with E-state index < -0.39 is 0 Å². The summed E-state index contributed by atoms with van der Waals surface area (Å²) in [6.45, 7) is 3.27. The van der Waals surface area contributed by atoms with Gasteiger partial charge in [0.2, 0.25) is 11.7 Å². The number of carbonyl (C=O) groups is 1. The van der Waals surface area contributed by atoms with Gasteiger partial charge in [0.25, 0.3) is 5.91 Å². The first-order valence-corrected chi connectivity index (χ1v) is 8.53. The number of fused-ring (bicyclic) bond motifs is 1. The molecule has 6 nitrogen and oxygen atoms in total. The van der Waals surface area contributed by atoms with Crippen LogP contribution in [0.15, 0.2) is 22.7 Å². The van der Waals surface area contributed by atoms with Gasteiger partial charge in [-0.1, -0.05) is 11.2 Å². The molecule has 1 saturated heterocycles. The maximum Gasteiger partial charge on any atom is 0.254 e. The Bertz CT molecular complexity index is 756. The molecule has 0 spiro atoms. The molecule has 1 aliphatic carbocycles. The minimum absolute atomic E-state index is 0.0527. The fourth-order valence-corrected chi connectivity index (χ4v) is 3.48. The van der Waals surface area contributed by atoms with Crippen molar-refractivity contribution in [1.82, 2.24) is 15.0 Å². The van der Waals surface area contributed by atoms with Gasteiger partial charge in [0.15, 0.2) is 0 Å². The van der Waals surface area contributed by atoms with Crippen LogP contribution in [0.3, 0.4) is 0 Å². The van der Waals surface area contributed by atoms with Crippen LogP contribution in [0.25, 0.3) is 0 Å². The molecular weight excluding hydrogens is 306 g/mol. The van der Waals surface area contributed by atoms with Gasteiger partial charge in [-0.15, -0.1) is 0 Å². The van der Waals surface area contributed by atoms with Crippen molar-refractivity contribution in [2.24, 2.45) is 0 Å². The van der Waals surface area contributed by atoms with Crippen LogP contribution in [0.4, 0.5) is 0 Å². The molecule has 4 rings (SSSR count). The Hall–Kier alpha value is -2.21. The zero-order chi connectivity index (χ0) is 16.5. The second-order valence-electron chi connectivity index (χ2n) is 6.47. The smallest absolute Gasteiger partial charge is 0.254 e. The maximum absolute atomic E-state index is 12.9. The molecule has 6 heteroatoms. The van der Waals surface area contributed by atoms with Gasteiger partial charge < -0.3 is 14.2 Å². The average molecular weight is 327 g/mol. The monoisotopic (exact) mass is 327 g/mol. The number of rotatable bonds is 2. The van der Waals surface area contributed by atoms with Crippen molar-refractivity contribution in [2.45, 2.75) is 38.7 Å². The van der Waals surface area contributed by atoms with E-state index >= 15 is 0 Å². The Balaban J connectivity index is 1.51. The first kappa shape index (κ1) is 15.3. The normalized spacial score (nSPS) is 20.7. The molecule has 126 valence electrons. The highest BCUT2D eigenvalue weighted by Gasteiger charge is 2.29. The van der Waals surface area contributed by atoms with Gasteiger partial charge in [-0.05, 0) is 48.9 Å². The molecule has 1 aliphatic heterocycles. The van der Waals surface area contributed by atoms with E-state index in [9.17, 15) is 4.79 Å². The van der Waals surface area contributed by atoms with E-state index in [1.807, 2.05) is 11.0 Å². The minimum Gasteiger partial charge on any atom is -0.366 e. The molecule has 0 N–H and O–H groups in total. The summed E-state index contributed by atoms with van der Waals surface area (Å²) >= 11 is 0. The summed E-state index contributed by atoms with van der Waals surface area (Å²) < 4.78 is 10.7. The number of hydrogen-bond acceptors (Lipinski definition) is 5. The molecule has 1 aromatic carbocycles. The quantitative estimate of drug-likeness (QED) is 0.847. The van der Waals surface area contributed by atoms with E-state index in [2.05, 4.69) is 22.3 Å². The average Bonchev–Trinajstić information content (AvgIpc) is 3.07. The van der Waals surface area contributed by atoms with Crippen LogP contribution in [-0.2, 0) is 17.6 Å². The van der Waals surface area contributed by atoms with E-state index in [0.29, 0.717) is 31.4 Å². The largest absolute Gasteiger partial charge is 0.366 e. The molecule has 1 fully saturated rings. The Morgan fingerprint density at radius 3 is 2.88 bits per heavy atom. The van der Waals surface area contributed by atoms with Gasteiger partial charge in [0.1, 0.15) is 6.10 Å². The summed E-state index contributed by atoms with van der Waals surface area (Å²) in [6.07, 6.45) is 4.33. The zero-order valence-electron chi connectivity index (χ0n) is 13.8. The molecule has 1 atom stereocenters. The number of nitrogens with zero attached hydrogens (tertiary/aromatic N) is 3. The van der Waals surface area contributed by atoms with Crippen LogP contribution in [-0.4, -0.2) is 40.6 Å². The van der Waals surface area contributed by atoms with Gasteiger partial charge in [0.05, 0.1) is 13.2 Å². The summed E-state index contributed by atoms with van der Waals surface area (Å²) in [6, 6.07) is 6.14. The Morgan fingerprint density at radius 2 is 2.08 bits per heavy atom. The first-order valence-electron chi connectivity index (χ1n) is 8.53. The third-order valence-corrected chi connectivity index (χ3v) is 4.78. The fourth-order valence-electron chi connectivity index (χ4n) is 3.48. The molecule has 1 amide bonds.